The van der Waals surface area contributed by atoms with Crippen LogP contribution in [0.15, 0.2) is 23.5 Å². The number of pyridine rings is 1. The SMILES string of the molecule is CN(c1ccnc(/C(N)=N/O)c1)C1CCC1. The minimum atomic E-state index is 0.0452. The predicted octanol–water partition coefficient (Wildman–Crippen LogP) is 1.16. The van der Waals surface area contributed by atoms with E-state index in [4.69, 9.17) is 10.9 Å². The summed E-state index contributed by atoms with van der Waals surface area (Å²) >= 11 is 0. The molecule has 5 heteroatoms. The molecule has 2 rings (SSSR count). The average Bonchev–Trinajstić information content (AvgIpc) is 2.26. The fourth-order valence-electron chi connectivity index (χ4n) is 1.81. The van der Waals surface area contributed by atoms with E-state index in [-0.39, 0.29) is 5.84 Å². The zero-order valence-corrected chi connectivity index (χ0v) is 9.30. The average molecular weight is 220 g/mol. The van der Waals surface area contributed by atoms with Crippen LogP contribution in [0.1, 0.15) is 25.0 Å². The molecule has 1 aliphatic rings. The summed E-state index contributed by atoms with van der Waals surface area (Å²) in [5.41, 5.74) is 7.07. The van der Waals surface area contributed by atoms with Crippen molar-refractivity contribution in [2.24, 2.45) is 10.9 Å². The van der Waals surface area contributed by atoms with Crippen LogP contribution in [0.2, 0.25) is 0 Å². The minimum absolute atomic E-state index is 0.0452. The van der Waals surface area contributed by atoms with Gasteiger partial charge < -0.3 is 15.8 Å². The van der Waals surface area contributed by atoms with Crippen molar-refractivity contribution in [1.29, 1.82) is 0 Å². The monoisotopic (exact) mass is 220 g/mol. The lowest BCUT2D eigenvalue weighted by Gasteiger charge is -2.36. The van der Waals surface area contributed by atoms with E-state index in [9.17, 15) is 0 Å². The van der Waals surface area contributed by atoms with Crippen LogP contribution >= 0.6 is 0 Å². The molecule has 0 radical (unpaired) electrons. The topological polar surface area (TPSA) is 74.7 Å². The highest BCUT2D eigenvalue weighted by molar-refractivity contribution is 5.95. The number of hydrogen-bond donors (Lipinski definition) is 2. The number of aromatic nitrogens is 1. The van der Waals surface area contributed by atoms with Crippen LogP contribution in [-0.4, -0.2) is 29.1 Å². The van der Waals surface area contributed by atoms with E-state index in [1.54, 1.807) is 6.20 Å². The van der Waals surface area contributed by atoms with E-state index in [1.807, 2.05) is 12.1 Å². The Balaban J connectivity index is 2.21. The van der Waals surface area contributed by atoms with Gasteiger partial charge in [0.05, 0.1) is 0 Å². The van der Waals surface area contributed by atoms with Gasteiger partial charge in [-0.15, -0.1) is 0 Å². The van der Waals surface area contributed by atoms with Gasteiger partial charge in [0.1, 0.15) is 5.69 Å². The molecule has 0 bridgehead atoms. The van der Waals surface area contributed by atoms with Crippen molar-refractivity contribution in [2.75, 3.05) is 11.9 Å². The maximum Gasteiger partial charge on any atom is 0.188 e. The van der Waals surface area contributed by atoms with Gasteiger partial charge in [-0.25, -0.2) is 0 Å². The van der Waals surface area contributed by atoms with Crippen LogP contribution < -0.4 is 10.6 Å². The van der Waals surface area contributed by atoms with Crippen molar-refractivity contribution < 1.29 is 5.21 Å². The first-order valence-electron chi connectivity index (χ1n) is 5.39. The molecule has 1 aromatic rings. The van der Waals surface area contributed by atoms with Gasteiger partial charge in [-0.1, -0.05) is 5.16 Å². The van der Waals surface area contributed by atoms with Crippen molar-refractivity contribution in [2.45, 2.75) is 25.3 Å². The molecule has 0 aromatic carbocycles. The highest BCUT2D eigenvalue weighted by atomic mass is 16.4. The van der Waals surface area contributed by atoms with E-state index in [1.165, 1.54) is 19.3 Å². The zero-order chi connectivity index (χ0) is 11.5. The quantitative estimate of drug-likeness (QED) is 0.347. The Morgan fingerprint density at radius 1 is 1.62 bits per heavy atom. The van der Waals surface area contributed by atoms with Crippen molar-refractivity contribution in [3.8, 4) is 0 Å². The molecule has 0 aliphatic heterocycles. The second kappa shape index (κ2) is 4.38. The van der Waals surface area contributed by atoms with Crippen molar-refractivity contribution in [3.63, 3.8) is 0 Å². The Hall–Kier alpha value is -1.78. The molecular weight excluding hydrogens is 204 g/mol. The standard InChI is InChI=1S/C11H16N4O/c1-15(8-3-2-4-8)9-5-6-13-10(7-9)11(12)14-16/h5-8,16H,2-4H2,1H3,(H2,12,14). The molecule has 86 valence electrons. The number of nitrogens with zero attached hydrogens (tertiary/aromatic N) is 3. The summed E-state index contributed by atoms with van der Waals surface area (Å²) in [6.07, 6.45) is 5.44. The van der Waals surface area contributed by atoms with E-state index < -0.39 is 0 Å². The van der Waals surface area contributed by atoms with Crippen LogP contribution in [0.25, 0.3) is 0 Å². The third-order valence-electron chi connectivity index (χ3n) is 3.14. The Bertz CT molecular complexity index is 401. The lowest BCUT2D eigenvalue weighted by atomic mass is 9.91. The normalized spacial score (nSPS) is 16.9. The highest BCUT2D eigenvalue weighted by Gasteiger charge is 2.22. The Labute approximate surface area is 94.6 Å². The summed E-state index contributed by atoms with van der Waals surface area (Å²) in [6, 6.07) is 4.39. The van der Waals surface area contributed by atoms with Gasteiger partial charge in [-0.2, -0.15) is 0 Å². The number of oxime groups is 1. The lowest BCUT2D eigenvalue weighted by molar-refractivity contribution is 0.318. The van der Waals surface area contributed by atoms with Crippen LogP contribution in [0.5, 0.6) is 0 Å². The van der Waals surface area contributed by atoms with E-state index >= 15 is 0 Å². The molecule has 0 atom stereocenters. The van der Waals surface area contributed by atoms with E-state index in [0.717, 1.165) is 5.69 Å². The second-order valence-corrected chi connectivity index (χ2v) is 4.08. The van der Waals surface area contributed by atoms with Crippen molar-refractivity contribution in [3.05, 3.63) is 24.0 Å². The van der Waals surface area contributed by atoms with Gasteiger partial charge in [0.15, 0.2) is 5.84 Å². The predicted molar refractivity (Wildman–Crippen MR) is 62.8 cm³/mol. The molecule has 0 unspecified atom stereocenters. The summed E-state index contributed by atoms with van der Waals surface area (Å²) < 4.78 is 0. The fourth-order valence-corrected chi connectivity index (χ4v) is 1.81. The molecule has 1 aliphatic carbocycles. The molecule has 1 fully saturated rings. The minimum Gasteiger partial charge on any atom is -0.409 e. The third kappa shape index (κ3) is 1.93. The van der Waals surface area contributed by atoms with E-state index in [2.05, 4.69) is 22.1 Å². The second-order valence-electron chi connectivity index (χ2n) is 4.08. The zero-order valence-electron chi connectivity index (χ0n) is 9.30. The molecule has 1 aromatic heterocycles. The Kier molecular flexibility index (Phi) is 2.94. The van der Waals surface area contributed by atoms with Gasteiger partial charge in [0.2, 0.25) is 0 Å². The molecular formula is C11H16N4O. The van der Waals surface area contributed by atoms with Gasteiger partial charge >= 0.3 is 0 Å². The summed E-state index contributed by atoms with van der Waals surface area (Å²) in [6.45, 7) is 0. The third-order valence-corrected chi connectivity index (χ3v) is 3.14. The van der Waals surface area contributed by atoms with Gasteiger partial charge in [-0.05, 0) is 31.4 Å². The molecule has 1 saturated carbocycles. The maximum absolute atomic E-state index is 8.59. The Morgan fingerprint density at radius 2 is 2.38 bits per heavy atom. The first-order valence-corrected chi connectivity index (χ1v) is 5.39. The molecule has 5 nitrogen and oxygen atoms in total. The first kappa shape index (κ1) is 10.7. The molecule has 0 saturated heterocycles. The van der Waals surface area contributed by atoms with Crippen LogP contribution in [0.4, 0.5) is 5.69 Å². The highest BCUT2D eigenvalue weighted by Crippen LogP contribution is 2.27. The van der Waals surface area contributed by atoms with Crippen molar-refractivity contribution >= 4 is 11.5 Å². The largest absolute Gasteiger partial charge is 0.409 e. The molecule has 1 heterocycles. The summed E-state index contributed by atoms with van der Waals surface area (Å²) in [4.78, 5) is 6.27. The first-order chi connectivity index (χ1) is 7.72. The lowest BCUT2D eigenvalue weighted by Crippen LogP contribution is -2.37. The summed E-state index contributed by atoms with van der Waals surface area (Å²) in [7, 11) is 2.06. The van der Waals surface area contributed by atoms with Crippen LogP contribution in [-0.2, 0) is 0 Å². The summed E-state index contributed by atoms with van der Waals surface area (Å²) in [5, 5.41) is 11.5. The number of anilines is 1. The van der Waals surface area contributed by atoms with Crippen LogP contribution in [0, 0.1) is 0 Å². The number of rotatable bonds is 3. The van der Waals surface area contributed by atoms with Gasteiger partial charge in [0.25, 0.3) is 0 Å². The smallest absolute Gasteiger partial charge is 0.188 e. The van der Waals surface area contributed by atoms with Crippen LogP contribution in [0.3, 0.4) is 0 Å². The summed E-state index contributed by atoms with van der Waals surface area (Å²) in [5.74, 6) is 0.0452. The van der Waals surface area contributed by atoms with Gasteiger partial charge in [0, 0.05) is 25.0 Å². The fraction of sp³-hybridized carbons (Fsp3) is 0.455. The molecule has 3 N–H and O–H groups in total. The molecule has 16 heavy (non-hydrogen) atoms. The maximum atomic E-state index is 8.59. The number of nitrogens with two attached hydrogens (primary N) is 1. The number of amidine groups is 1. The van der Waals surface area contributed by atoms with E-state index in [0.29, 0.717) is 11.7 Å². The molecule has 0 spiro atoms. The number of hydrogen-bond acceptors (Lipinski definition) is 4. The van der Waals surface area contributed by atoms with Crippen molar-refractivity contribution in [1.82, 2.24) is 4.98 Å². The Morgan fingerprint density at radius 3 is 2.94 bits per heavy atom. The van der Waals surface area contributed by atoms with Gasteiger partial charge in [-0.3, -0.25) is 4.98 Å². The molecule has 0 amide bonds.